The standard InChI is InChI=1S/C17H34F2O2S/c1-10(2)9-13(22(7,8)21)15(16(20)17(18)19)14(11(3)4)12(5)6/h10-12,14,16-17,20,22H,9H2,1-8H3/b15-13-/t16-/m0/s1. The van der Waals surface area contributed by atoms with Gasteiger partial charge in [0.2, 0.25) is 0 Å². The number of halogens is 2. The molecular formula is C17H34F2O2S. The fraction of sp³-hybridized carbons (Fsp3) is 0.882. The monoisotopic (exact) mass is 340 g/mol. The van der Waals surface area contributed by atoms with Gasteiger partial charge in [0.25, 0.3) is 6.43 Å². The highest BCUT2D eigenvalue weighted by Crippen LogP contribution is 2.38. The fourth-order valence-corrected chi connectivity index (χ4v) is 4.93. The number of aliphatic hydroxyl groups excluding tert-OH is 1. The molecule has 0 aliphatic rings. The van der Waals surface area contributed by atoms with Crippen molar-refractivity contribution in [1.82, 2.24) is 0 Å². The smallest absolute Gasteiger partial charge is 0.267 e. The number of allylic oxidation sites excluding steroid dienone is 1. The van der Waals surface area contributed by atoms with Crippen molar-refractivity contribution in [2.24, 2.45) is 23.7 Å². The minimum absolute atomic E-state index is 0.0945. The van der Waals surface area contributed by atoms with Crippen LogP contribution in [0, 0.1) is 23.7 Å². The Morgan fingerprint density at radius 1 is 1.00 bits per heavy atom. The summed E-state index contributed by atoms with van der Waals surface area (Å²) in [5, 5.41) is 10.2. The molecule has 134 valence electrons. The van der Waals surface area contributed by atoms with Gasteiger partial charge >= 0.3 is 0 Å². The Balaban J connectivity index is 6.41. The van der Waals surface area contributed by atoms with Crippen LogP contribution >= 0.6 is 0 Å². The first-order chi connectivity index (χ1) is 9.80. The van der Waals surface area contributed by atoms with E-state index in [1.165, 1.54) is 0 Å². The zero-order valence-corrected chi connectivity index (χ0v) is 16.1. The van der Waals surface area contributed by atoms with Gasteiger partial charge in [-0.1, -0.05) is 51.5 Å². The number of hydrogen-bond acceptors (Lipinski definition) is 2. The van der Waals surface area contributed by atoms with E-state index >= 15 is 0 Å². The highest BCUT2D eigenvalue weighted by atomic mass is 32.2. The first kappa shape index (κ1) is 21.7. The summed E-state index contributed by atoms with van der Waals surface area (Å²) in [5.41, 5.74) is 0.321. The van der Waals surface area contributed by atoms with Gasteiger partial charge in [0.15, 0.2) is 0 Å². The predicted molar refractivity (Wildman–Crippen MR) is 93.0 cm³/mol. The molecule has 0 saturated carbocycles. The predicted octanol–water partition coefficient (Wildman–Crippen LogP) is 4.12. The van der Waals surface area contributed by atoms with E-state index in [9.17, 15) is 18.1 Å². The van der Waals surface area contributed by atoms with E-state index in [0.29, 0.717) is 16.9 Å². The summed E-state index contributed by atoms with van der Waals surface area (Å²) in [6.07, 6.45) is -0.985. The van der Waals surface area contributed by atoms with Gasteiger partial charge in [0.1, 0.15) is 6.10 Å². The average molecular weight is 341 g/mol. The SMILES string of the molecule is CC(C)C/C(=C(\C(C(C)C)C(C)C)[C@H](O)C(F)F)[SH](C)(C)=O. The van der Waals surface area contributed by atoms with Gasteiger partial charge in [-0.3, -0.25) is 4.21 Å². The van der Waals surface area contributed by atoms with Gasteiger partial charge in [-0.2, -0.15) is 0 Å². The van der Waals surface area contributed by atoms with E-state index in [1.54, 1.807) is 12.5 Å². The van der Waals surface area contributed by atoms with Crippen molar-refractivity contribution in [2.45, 2.75) is 60.5 Å². The molecule has 0 spiro atoms. The average Bonchev–Trinajstić information content (AvgIpc) is 2.29. The van der Waals surface area contributed by atoms with Crippen molar-refractivity contribution in [2.75, 3.05) is 12.5 Å². The lowest BCUT2D eigenvalue weighted by Crippen LogP contribution is -2.34. The Bertz CT molecular complexity index is 414. The van der Waals surface area contributed by atoms with E-state index in [0.717, 1.165) is 0 Å². The summed E-state index contributed by atoms with van der Waals surface area (Å²) in [4.78, 5) is 0.558. The van der Waals surface area contributed by atoms with Gasteiger partial charge in [0, 0.05) is 0 Å². The molecule has 5 heteroatoms. The lowest BCUT2D eigenvalue weighted by molar-refractivity contribution is 0.00719. The molecule has 0 amide bonds. The van der Waals surface area contributed by atoms with Crippen molar-refractivity contribution in [3.8, 4) is 0 Å². The quantitative estimate of drug-likeness (QED) is 0.652. The second kappa shape index (κ2) is 8.53. The first-order valence-corrected chi connectivity index (χ1v) is 10.6. The van der Waals surface area contributed by atoms with E-state index < -0.39 is 22.5 Å². The Kier molecular flexibility index (Phi) is 8.42. The maximum absolute atomic E-state index is 13.3. The van der Waals surface area contributed by atoms with Gasteiger partial charge in [-0.25, -0.2) is 8.78 Å². The summed E-state index contributed by atoms with van der Waals surface area (Å²) in [6, 6.07) is 0. The third-order valence-corrected chi connectivity index (χ3v) is 5.68. The molecule has 2 nitrogen and oxygen atoms in total. The summed E-state index contributed by atoms with van der Waals surface area (Å²) in [7, 11) is -2.73. The number of aliphatic hydroxyl groups is 1. The molecule has 0 radical (unpaired) electrons. The van der Waals surface area contributed by atoms with Crippen LogP contribution in [0.15, 0.2) is 10.5 Å². The van der Waals surface area contributed by atoms with Crippen molar-refractivity contribution in [1.29, 1.82) is 0 Å². The van der Waals surface area contributed by atoms with Gasteiger partial charge in [-0.05, 0) is 53.1 Å². The molecule has 0 aliphatic heterocycles. The fourth-order valence-electron chi connectivity index (χ4n) is 3.22. The molecule has 0 aromatic carbocycles. The zero-order valence-electron chi connectivity index (χ0n) is 15.2. The van der Waals surface area contributed by atoms with Crippen LogP contribution in [0.5, 0.6) is 0 Å². The normalized spacial score (nSPS) is 16.9. The molecule has 22 heavy (non-hydrogen) atoms. The number of hydrogen-bond donors (Lipinski definition) is 2. The second-order valence-electron chi connectivity index (χ2n) is 7.64. The largest absolute Gasteiger partial charge is 0.383 e. The molecule has 0 fully saturated rings. The van der Waals surface area contributed by atoms with Crippen molar-refractivity contribution < 1.29 is 18.1 Å². The number of thiol groups is 1. The highest BCUT2D eigenvalue weighted by molar-refractivity contribution is 8.05. The molecule has 0 aromatic heterocycles. The Hall–Kier alpha value is -0.290. The Morgan fingerprint density at radius 3 is 1.64 bits per heavy atom. The maximum Gasteiger partial charge on any atom is 0.267 e. The van der Waals surface area contributed by atoms with Crippen LogP contribution in [-0.2, 0) is 9.93 Å². The lowest BCUT2D eigenvalue weighted by atomic mass is 9.77. The molecular weight excluding hydrogens is 306 g/mol. The molecule has 0 aromatic rings. The molecule has 1 atom stereocenters. The van der Waals surface area contributed by atoms with Crippen LogP contribution in [-0.4, -0.2) is 34.4 Å². The van der Waals surface area contributed by atoms with E-state index in [-0.39, 0.29) is 23.7 Å². The molecule has 0 bridgehead atoms. The van der Waals surface area contributed by atoms with Crippen LogP contribution in [0.3, 0.4) is 0 Å². The zero-order chi connectivity index (χ0) is 17.8. The summed E-state index contributed by atoms with van der Waals surface area (Å²) in [5.74, 6) is 0.184. The summed E-state index contributed by atoms with van der Waals surface area (Å²) < 4.78 is 39.3. The van der Waals surface area contributed by atoms with Crippen LogP contribution in [0.1, 0.15) is 48.0 Å². The van der Waals surface area contributed by atoms with Crippen molar-refractivity contribution in [3.05, 3.63) is 10.5 Å². The van der Waals surface area contributed by atoms with Crippen LogP contribution in [0.4, 0.5) is 8.78 Å². The first-order valence-electron chi connectivity index (χ1n) is 8.05. The van der Waals surface area contributed by atoms with E-state index in [4.69, 9.17) is 0 Å². The molecule has 0 rings (SSSR count). The van der Waals surface area contributed by atoms with E-state index in [1.807, 2.05) is 41.5 Å². The van der Waals surface area contributed by atoms with Gasteiger partial charge < -0.3 is 5.11 Å². The molecule has 0 heterocycles. The Labute approximate surface area is 135 Å². The number of rotatable bonds is 8. The maximum atomic E-state index is 13.3. The summed E-state index contributed by atoms with van der Waals surface area (Å²) in [6.45, 7) is 11.8. The Morgan fingerprint density at radius 2 is 1.41 bits per heavy atom. The van der Waals surface area contributed by atoms with Crippen molar-refractivity contribution >= 4 is 9.93 Å². The second-order valence-corrected chi connectivity index (χ2v) is 10.9. The van der Waals surface area contributed by atoms with Crippen molar-refractivity contribution in [3.63, 3.8) is 0 Å². The minimum Gasteiger partial charge on any atom is -0.383 e. The van der Waals surface area contributed by atoms with Gasteiger partial charge in [0.05, 0.1) is 0 Å². The lowest BCUT2D eigenvalue weighted by Gasteiger charge is -2.35. The topological polar surface area (TPSA) is 37.3 Å². The number of alkyl halides is 2. The highest BCUT2D eigenvalue weighted by Gasteiger charge is 2.35. The van der Waals surface area contributed by atoms with Gasteiger partial charge in [-0.15, -0.1) is 0 Å². The molecule has 1 N–H and O–H groups in total. The van der Waals surface area contributed by atoms with E-state index in [2.05, 4.69) is 0 Å². The molecule has 0 aliphatic carbocycles. The molecule has 0 saturated heterocycles. The van der Waals surface area contributed by atoms with Crippen LogP contribution in [0.2, 0.25) is 0 Å². The third kappa shape index (κ3) is 6.07. The minimum atomic E-state index is -2.86. The van der Waals surface area contributed by atoms with Crippen LogP contribution in [0.25, 0.3) is 0 Å². The summed E-state index contributed by atoms with van der Waals surface area (Å²) >= 11 is 0. The van der Waals surface area contributed by atoms with Crippen LogP contribution < -0.4 is 0 Å². The molecule has 0 unspecified atom stereocenters. The third-order valence-electron chi connectivity index (χ3n) is 3.94.